The van der Waals surface area contributed by atoms with Crippen molar-refractivity contribution in [1.82, 2.24) is 14.8 Å². The number of ether oxygens (including phenoxy) is 1. The molecule has 0 bridgehead atoms. The molecule has 0 radical (unpaired) electrons. The molecule has 0 aliphatic heterocycles. The molecule has 3 rings (SSSR count). The summed E-state index contributed by atoms with van der Waals surface area (Å²) in [6.07, 6.45) is 0. The Labute approximate surface area is 161 Å². The van der Waals surface area contributed by atoms with E-state index in [0.29, 0.717) is 29.5 Å². The van der Waals surface area contributed by atoms with Crippen molar-refractivity contribution in [3.8, 4) is 5.75 Å². The number of nitrogens with zero attached hydrogens (tertiary/aromatic N) is 3. The average molecular weight is 392 g/mol. The van der Waals surface area contributed by atoms with E-state index in [1.54, 1.807) is 12.1 Å². The first-order chi connectivity index (χ1) is 12.6. The van der Waals surface area contributed by atoms with Crippen LogP contribution in [0.4, 0.5) is 4.39 Å². The van der Waals surface area contributed by atoms with E-state index >= 15 is 0 Å². The Kier molecular flexibility index (Phi) is 6.16. The maximum absolute atomic E-state index is 13.9. The summed E-state index contributed by atoms with van der Waals surface area (Å²) in [7, 11) is 0. The molecule has 0 spiro atoms. The van der Waals surface area contributed by atoms with Gasteiger partial charge >= 0.3 is 0 Å². The van der Waals surface area contributed by atoms with E-state index in [9.17, 15) is 4.39 Å². The predicted molar refractivity (Wildman–Crippen MR) is 102 cm³/mol. The third-order valence-electron chi connectivity index (χ3n) is 3.97. The van der Waals surface area contributed by atoms with Gasteiger partial charge in [-0.2, -0.15) is 0 Å². The van der Waals surface area contributed by atoms with Crippen LogP contribution in [0.2, 0.25) is 5.02 Å². The summed E-state index contributed by atoms with van der Waals surface area (Å²) in [5.74, 6) is 1.64. The number of benzene rings is 2. The molecule has 0 aliphatic carbocycles. The van der Waals surface area contributed by atoms with Gasteiger partial charge in [-0.1, -0.05) is 47.6 Å². The van der Waals surface area contributed by atoms with Crippen LogP contribution in [-0.2, 0) is 18.9 Å². The lowest BCUT2D eigenvalue weighted by atomic mass is 10.2. The highest BCUT2D eigenvalue weighted by Gasteiger charge is 2.14. The zero-order chi connectivity index (χ0) is 18.5. The molecular formula is C19H19ClFN3OS. The van der Waals surface area contributed by atoms with Crippen LogP contribution in [0.5, 0.6) is 5.75 Å². The molecule has 4 nitrogen and oxygen atoms in total. The number of para-hydroxylation sites is 1. The number of hydrogen-bond acceptors (Lipinski definition) is 4. The smallest absolute Gasteiger partial charge is 0.191 e. The summed E-state index contributed by atoms with van der Waals surface area (Å²) in [6, 6.07) is 12.5. The van der Waals surface area contributed by atoms with Crippen LogP contribution in [0, 0.1) is 12.7 Å². The first kappa shape index (κ1) is 18.7. The fourth-order valence-corrected chi connectivity index (χ4v) is 3.88. The van der Waals surface area contributed by atoms with Crippen LogP contribution in [0.1, 0.15) is 23.9 Å². The molecule has 26 heavy (non-hydrogen) atoms. The molecule has 0 N–H and O–H groups in total. The van der Waals surface area contributed by atoms with Crippen LogP contribution in [0.3, 0.4) is 0 Å². The Balaban J connectivity index is 1.71. The van der Waals surface area contributed by atoms with Crippen molar-refractivity contribution in [2.75, 3.05) is 0 Å². The van der Waals surface area contributed by atoms with Crippen molar-refractivity contribution in [3.63, 3.8) is 0 Å². The Hall–Kier alpha value is -2.05. The van der Waals surface area contributed by atoms with E-state index < -0.39 is 0 Å². The minimum Gasteiger partial charge on any atom is -0.485 e. The van der Waals surface area contributed by atoms with Gasteiger partial charge in [0.2, 0.25) is 0 Å². The van der Waals surface area contributed by atoms with Crippen LogP contribution >= 0.6 is 23.4 Å². The lowest BCUT2D eigenvalue weighted by Crippen LogP contribution is -2.07. The molecular weight excluding hydrogens is 373 g/mol. The second-order valence-electron chi connectivity index (χ2n) is 5.69. The molecule has 136 valence electrons. The Morgan fingerprint density at radius 2 is 1.96 bits per heavy atom. The number of halogens is 2. The van der Waals surface area contributed by atoms with Crippen molar-refractivity contribution in [2.45, 2.75) is 37.9 Å². The molecule has 0 saturated heterocycles. The predicted octanol–water partition coefficient (Wildman–Crippen LogP) is 5.27. The Morgan fingerprint density at radius 3 is 2.69 bits per heavy atom. The molecule has 7 heteroatoms. The second kappa shape index (κ2) is 8.56. The highest BCUT2D eigenvalue weighted by atomic mass is 35.5. The number of aromatic nitrogens is 3. The normalized spacial score (nSPS) is 10.9. The third kappa shape index (κ3) is 4.19. The van der Waals surface area contributed by atoms with Gasteiger partial charge in [0.05, 0.1) is 0 Å². The first-order valence-electron chi connectivity index (χ1n) is 8.26. The van der Waals surface area contributed by atoms with Gasteiger partial charge in [0.1, 0.15) is 18.2 Å². The van der Waals surface area contributed by atoms with Crippen molar-refractivity contribution in [2.24, 2.45) is 0 Å². The summed E-state index contributed by atoms with van der Waals surface area (Å²) in [5.41, 5.74) is 1.54. The number of thioether (sulfide) groups is 1. The van der Waals surface area contributed by atoms with Gasteiger partial charge in [0.25, 0.3) is 0 Å². The third-order valence-corrected chi connectivity index (χ3v) is 5.31. The maximum Gasteiger partial charge on any atom is 0.191 e. The summed E-state index contributed by atoms with van der Waals surface area (Å²) < 4.78 is 21.8. The van der Waals surface area contributed by atoms with E-state index in [0.717, 1.165) is 22.3 Å². The van der Waals surface area contributed by atoms with Crippen molar-refractivity contribution in [3.05, 3.63) is 70.3 Å². The van der Waals surface area contributed by atoms with Gasteiger partial charge in [-0.05, 0) is 37.6 Å². The van der Waals surface area contributed by atoms with E-state index in [4.69, 9.17) is 16.3 Å². The zero-order valence-electron chi connectivity index (χ0n) is 14.6. The highest BCUT2D eigenvalue weighted by molar-refractivity contribution is 7.98. The fraction of sp³-hybridized carbons (Fsp3) is 0.263. The van der Waals surface area contributed by atoms with Gasteiger partial charge in [0, 0.05) is 22.9 Å². The summed E-state index contributed by atoms with van der Waals surface area (Å²) in [5, 5.41) is 9.59. The summed E-state index contributed by atoms with van der Waals surface area (Å²) >= 11 is 7.50. The zero-order valence-corrected chi connectivity index (χ0v) is 16.1. The van der Waals surface area contributed by atoms with Gasteiger partial charge in [0.15, 0.2) is 11.0 Å². The van der Waals surface area contributed by atoms with Gasteiger partial charge in [-0.3, -0.25) is 0 Å². The van der Waals surface area contributed by atoms with Crippen LogP contribution in [-0.4, -0.2) is 14.8 Å². The van der Waals surface area contributed by atoms with E-state index in [1.165, 1.54) is 17.8 Å². The Bertz CT molecular complexity index is 880. The van der Waals surface area contributed by atoms with Crippen molar-refractivity contribution in [1.29, 1.82) is 0 Å². The lowest BCUT2D eigenvalue weighted by molar-refractivity contribution is 0.286. The summed E-state index contributed by atoms with van der Waals surface area (Å²) in [4.78, 5) is 0. The quantitative estimate of drug-likeness (QED) is 0.514. The molecule has 3 aromatic rings. The van der Waals surface area contributed by atoms with E-state index in [2.05, 4.69) is 10.2 Å². The molecule has 0 unspecified atom stereocenters. The molecule has 0 fully saturated rings. The molecule has 0 atom stereocenters. The number of hydrogen-bond donors (Lipinski definition) is 0. The molecule has 0 saturated carbocycles. The summed E-state index contributed by atoms with van der Waals surface area (Å²) in [6.45, 7) is 5.04. The number of rotatable bonds is 7. The second-order valence-corrected chi connectivity index (χ2v) is 7.04. The highest BCUT2D eigenvalue weighted by Crippen LogP contribution is 2.28. The average Bonchev–Trinajstić information content (AvgIpc) is 3.02. The molecule has 1 aromatic heterocycles. The standard InChI is InChI=1S/C19H19ClFN3OS/c1-3-24-18(11-25-17-10-5-4-7-13(17)2)22-23-19(24)26-12-14-15(20)8-6-9-16(14)21/h4-10H,3,11-12H2,1-2H3. The topological polar surface area (TPSA) is 39.9 Å². The van der Waals surface area contributed by atoms with Crippen molar-refractivity contribution < 1.29 is 9.13 Å². The minimum absolute atomic E-state index is 0.310. The molecule has 1 heterocycles. The van der Waals surface area contributed by atoms with E-state index in [1.807, 2.05) is 42.7 Å². The number of aryl methyl sites for hydroxylation is 1. The monoisotopic (exact) mass is 391 g/mol. The van der Waals surface area contributed by atoms with Crippen LogP contribution < -0.4 is 4.74 Å². The van der Waals surface area contributed by atoms with Crippen LogP contribution in [0.15, 0.2) is 47.6 Å². The minimum atomic E-state index is -0.310. The molecule has 0 amide bonds. The molecule has 0 aliphatic rings. The largest absolute Gasteiger partial charge is 0.485 e. The van der Waals surface area contributed by atoms with Gasteiger partial charge in [-0.15, -0.1) is 10.2 Å². The maximum atomic E-state index is 13.9. The van der Waals surface area contributed by atoms with E-state index in [-0.39, 0.29) is 5.82 Å². The first-order valence-corrected chi connectivity index (χ1v) is 9.62. The van der Waals surface area contributed by atoms with Gasteiger partial charge in [-0.25, -0.2) is 4.39 Å². The Morgan fingerprint density at radius 1 is 1.15 bits per heavy atom. The van der Waals surface area contributed by atoms with Gasteiger partial charge < -0.3 is 9.30 Å². The SMILES string of the molecule is CCn1c(COc2ccccc2C)nnc1SCc1c(F)cccc1Cl. The lowest BCUT2D eigenvalue weighted by Gasteiger charge is -2.10. The van der Waals surface area contributed by atoms with Crippen LogP contribution in [0.25, 0.3) is 0 Å². The fourth-order valence-electron chi connectivity index (χ4n) is 2.52. The van der Waals surface area contributed by atoms with Crippen molar-refractivity contribution >= 4 is 23.4 Å². The molecule has 2 aromatic carbocycles.